The van der Waals surface area contributed by atoms with Crippen LogP contribution in [-0.4, -0.2) is 22.4 Å². The van der Waals surface area contributed by atoms with E-state index in [2.05, 4.69) is 10.3 Å². The summed E-state index contributed by atoms with van der Waals surface area (Å²) in [6.07, 6.45) is 1.11. The zero-order chi connectivity index (χ0) is 23.0. The number of hydrogen-bond donors (Lipinski definition) is 1. The molecular formula is C26H21ClN2O2S2. The van der Waals surface area contributed by atoms with Crippen molar-refractivity contribution in [3.05, 3.63) is 100 Å². The molecule has 0 spiro atoms. The van der Waals surface area contributed by atoms with Crippen LogP contribution in [0.5, 0.6) is 0 Å². The SMILES string of the molecule is O=C(CCCSc1ccc(Cl)cc1)Nc1nc(-c2ccccc2)c(C(=O)c2ccccc2)s1. The number of benzene rings is 3. The fourth-order valence-electron chi connectivity index (χ4n) is 3.18. The van der Waals surface area contributed by atoms with Crippen LogP contribution in [0.15, 0.2) is 89.8 Å². The maximum Gasteiger partial charge on any atom is 0.226 e. The topological polar surface area (TPSA) is 59.1 Å². The molecule has 1 heterocycles. The van der Waals surface area contributed by atoms with Gasteiger partial charge in [-0.1, -0.05) is 83.6 Å². The number of hydrogen-bond acceptors (Lipinski definition) is 5. The minimum atomic E-state index is -0.112. The molecule has 0 saturated heterocycles. The number of anilines is 1. The molecule has 0 radical (unpaired) electrons. The predicted molar refractivity (Wildman–Crippen MR) is 137 cm³/mol. The van der Waals surface area contributed by atoms with Crippen molar-refractivity contribution in [2.75, 3.05) is 11.1 Å². The van der Waals surface area contributed by atoms with E-state index in [9.17, 15) is 9.59 Å². The lowest BCUT2D eigenvalue weighted by atomic mass is 10.1. The molecule has 0 aliphatic heterocycles. The molecule has 0 fully saturated rings. The Morgan fingerprint density at radius 3 is 2.27 bits per heavy atom. The van der Waals surface area contributed by atoms with E-state index in [0.29, 0.717) is 32.7 Å². The molecule has 1 N–H and O–H groups in total. The van der Waals surface area contributed by atoms with Crippen LogP contribution in [0, 0.1) is 0 Å². The van der Waals surface area contributed by atoms with E-state index in [1.165, 1.54) is 11.3 Å². The van der Waals surface area contributed by atoms with Gasteiger partial charge in [0, 0.05) is 27.5 Å². The van der Waals surface area contributed by atoms with Crippen LogP contribution < -0.4 is 5.32 Å². The number of halogens is 1. The molecule has 7 heteroatoms. The Labute approximate surface area is 206 Å². The first-order chi connectivity index (χ1) is 16.1. The summed E-state index contributed by atoms with van der Waals surface area (Å²) in [5.74, 6) is 0.602. The maximum atomic E-state index is 13.2. The van der Waals surface area contributed by atoms with Crippen LogP contribution in [0.1, 0.15) is 28.1 Å². The number of thioether (sulfide) groups is 1. The Kier molecular flexibility index (Phi) is 7.94. The van der Waals surface area contributed by atoms with Gasteiger partial charge in [0.25, 0.3) is 0 Å². The predicted octanol–water partition coefficient (Wildman–Crippen LogP) is 7.21. The van der Waals surface area contributed by atoms with E-state index in [0.717, 1.165) is 22.6 Å². The molecule has 166 valence electrons. The quantitative estimate of drug-likeness (QED) is 0.152. The number of ketones is 1. The van der Waals surface area contributed by atoms with Crippen molar-refractivity contribution >= 4 is 51.5 Å². The summed E-state index contributed by atoms with van der Waals surface area (Å²) >= 11 is 8.81. The lowest BCUT2D eigenvalue weighted by Crippen LogP contribution is -2.11. The third-order valence-corrected chi connectivity index (χ3v) is 7.11. The molecular weight excluding hydrogens is 472 g/mol. The fraction of sp³-hybridized carbons (Fsp3) is 0.115. The fourth-order valence-corrected chi connectivity index (χ4v) is 5.12. The van der Waals surface area contributed by atoms with Gasteiger partial charge in [0.2, 0.25) is 11.7 Å². The zero-order valence-corrected chi connectivity index (χ0v) is 20.1. The highest BCUT2D eigenvalue weighted by Crippen LogP contribution is 2.33. The van der Waals surface area contributed by atoms with Gasteiger partial charge in [-0.15, -0.1) is 11.8 Å². The lowest BCUT2D eigenvalue weighted by Gasteiger charge is -2.03. The van der Waals surface area contributed by atoms with Gasteiger partial charge in [-0.25, -0.2) is 4.98 Å². The average Bonchev–Trinajstić information content (AvgIpc) is 3.27. The number of aromatic nitrogens is 1. The molecule has 0 aliphatic rings. The lowest BCUT2D eigenvalue weighted by molar-refractivity contribution is -0.116. The van der Waals surface area contributed by atoms with E-state index in [-0.39, 0.29) is 11.7 Å². The highest BCUT2D eigenvalue weighted by Gasteiger charge is 2.21. The van der Waals surface area contributed by atoms with Gasteiger partial charge in [0.05, 0.1) is 5.69 Å². The molecule has 3 aromatic carbocycles. The summed E-state index contributed by atoms with van der Waals surface area (Å²) in [4.78, 5) is 31.9. The number of nitrogens with zero attached hydrogens (tertiary/aromatic N) is 1. The maximum absolute atomic E-state index is 13.2. The van der Waals surface area contributed by atoms with Gasteiger partial charge in [-0.3, -0.25) is 9.59 Å². The Morgan fingerprint density at radius 1 is 0.909 bits per heavy atom. The van der Waals surface area contributed by atoms with Crippen LogP contribution in [0.4, 0.5) is 5.13 Å². The van der Waals surface area contributed by atoms with Gasteiger partial charge in [0.1, 0.15) is 4.88 Å². The molecule has 4 nitrogen and oxygen atoms in total. The first-order valence-corrected chi connectivity index (χ1v) is 12.6. The molecule has 1 amide bonds. The largest absolute Gasteiger partial charge is 0.302 e. The summed E-state index contributed by atoms with van der Waals surface area (Å²) in [5.41, 5.74) is 2.02. The minimum Gasteiger partial charge on any atom is -0.302 e. The number of rotatable bonds is 9. The zero-order valence-electron chi connectivity index (χ0n) is 17.7. The van der Waals surface area contributed by atoms with Gasteiger partial charge in [0.15, 0.2) is 5.13 Å². The average molecular weight is 493 g/mol. The highest BCUT2D eigenvalue weighted by molar-refractivity contribution is 7.99. The summed E-state index contributed by atoms with van der Waals surface area (Å²) in [7, 11) is 0. The van der Waals surface area contributed by atoms with Gasteiger partial charge < -0.3 is 5.32 Å². The van der Waals surface area contributed by atoms with E-state index in [1.54, 1.807) is 23.9 Å². The Bertz CT molecular complexity index is 1230. The van der Waals surface area contributed by atoms with Crippen molar-refractivity contribution in [3.63, 3.8) is 0 Å². The van der Waals surface area contributed by atoms with E-state index in [1.807, 2.05) is 72.8 Å². The number of carbonyl (C=O) groups excluding carboxylic acids is 2. The molecule has 33 heavy (non-hydrogen) atoms. The summed E-state index contributed by atoms with van der Waals surface area (Å²) in [6.45, 7) is 0. The van der Waals surface area contributed by atoms with Crippen molar-refractivity contribution in [1.82, 2.24) is 4.98 Å². The highest BCUT2D eigenvalue weighted by atomic mass is 35.5. The molecule has 4 aromatic rings. The van der Waals surface area contributed by atoms with Crippen LogP contribution in [0.2, 0.25) is 5.02 Å². The second-order valence-electron chi connectivity index (χ2n) is 7.21. The third kappa shape index (κ3) is 6.32. The Morgan fingerprint density at radius 2 is 1.58 bits per heavy atom. The molecule has 0 aliphatic carbocycles. The van der Waals surface area contributed by atoms with E-state index in [4.69, 9.17) is 11.6 Å². The second kappa shape index (κ2) is 11.3. The second-order valence-corrected chi connectivity index (χ2v) is 9.82. The summed E-state index contributed by atoms with van der Waals surface area (Å²) in [5, 5.41) is 4.02. The van der Waals surface area contributed by atoms with Crippen molar-refractivity contribution in [2.45, 2.75) is 17.7 Å². The van der Waals surface area contributed by atoms with Crippen molar-refractivity contribution < 1.29 is 9.59 Å². The Balaban J connectivity index is 1.43. The summed E-state index contributed by atoms with van der Waals surface area (Å²) < 4.78 is 0. The monoisotopic (exact) mass is 492 g/mol. The van der Waals surface area contributed by atoms with Crippen molar-refractivity contribution in [2.24, 2.45) is 0 Å². The number of nitrogens with one attached hydrogen (secondary N) is 1. The van der Waals surface area contributed by atoms with Gasteiger partial charge in [-0.2, -0.15) is 0 Å². The molecule has 0 saturated carbocycles. The van der Waals surface area contributed by atoms with Crippen LogP contribution >= 0.6 is 34.7 Å². The molecule has 0 bridgehead atoms. The molecule has 0 atom stereocenters. The van der Waals surface area contributed by atoms with E-state index >= 15 is 0 Å². The minimum absolute atomic E-state index is 0.105. The number of thiazole rings is 1. The normalized spacial score (nSPS) is 10.7. The third-order valence-electron chi connectivity index (χ3n) is 4.79. The van der Waals surface area contributed by atoms with Crippen LogP contribution in [0.3, 0.4) is 0 Å². The number of amides is 1. The van der Waals surface area contributed by atoms with Crippen LogP contribution in [-0.2, 0) is 4.79 Å². The molecule has 0 unspecified atom stereocenters. The van der Waals surface area contributed by atoms with Crippen molar-refractivity contribution in [1.29, 1.82) is 0 Å². The summed E-state index contributed by atoms with van der Waals surface area (Å²) in [6, 6.07) is 26.3. The van der Waals surface area contributed by atoms with Gasteiger partial charge in [-0.05, 0) is 36.4 Å². The van der Waals surface area contributed by atoms with E-state index < -0.39 is 0 Å². The van der Waals surface area contributed by atoms with Crippen LogP contribution in [0.25, 0.3) is 11.3 Å². The smallest absolute Gasteiger partial charge is 0.226 e. The first kappa shape index (κ1) is 23.2. The number of carbonyl (C=O) groups is 2. The first-order valence-electron chi connectivity index (χ1n) is 10.4. The Hall–Kier alpha value is -2.93. The van der Waals surface area contributed by atoms with Gasteiger partial charge >= 0.3 is 0 Å². The molecule has 4 rings (SSSR count). The van der Waals surface area contributed by atoms with Crippen molar-refractivity contribution in [3.8, 4) is 11.3 Å². The molecule has 1 aromatic heterocycles. The standard InChI is InChI=1S/C26H21ClN2O2S2/c27-20-13-15-21(16-14-20)32-17-7-12-22(30)28-26-29-23(18-8-3-1-4-9-18)25(33-26)24(31)19-10-5-2-6-11-19/h1-6,8-11,13-16H,7,12,17H2,(H,28,29,30).